The third kappa shape index (κ3) is 3.58. The van der Waals surface area contributed by atoms with Crippen LogP contribution in [0.25, 0.3) is 44.5 Å². The number of aromatic nitrogens is 2. The minimum atomic E-state index is 0.700. The zero-order chi connectivity index (χ0) is 22.0. The van der Waals surface area contributed by atoms with Gasteiger partial charge in [0.25, 0.3) is 0 Å². The van der Waals surface area contributed by atoms with Gasteiger partial charge in [-0.1, -0.05) is 83.1 Å². The summed E-state index contributed by atoms with van der Waals surface area (Å²) in [6.45, 7) is 1.40. The lowest BCUT2D eigenvalue weighted by atomic mass is 10.0. The molecule has 2 heterocycles. The van der Waals surface area contributed by atoms with Crippen LogP contribution in [0.15, 0.2) is 106 Å². The van der Waals surface area contributed by atoms with Crippen molar-refractivity contribution in [2.75, 3.05) is 0 Å². The molecule has 4 aromatic carbocycles. The van der Waals surface area contributed by atoms with Crippen molar-refractivity contribution in [3.8, 4) is 22.5 Å². The molecule has 0 aliphatic carbocycles. The zero-order valence-corrected chi connectivity index (χ0v) is 17.9. The number of rotatable bonds is 6. The Morgan fingerprint density at radius 1 is 0.515 bits per heavy atom. The summed E-state index contributed by atoms with van der Waals surface area (Å²) >= 11 is 0. The summed E-state index contributed by atoms with van der Waals surface area (Å²) in [5.41, 5.74) is 7.82. The van der Waals surface area contributed by atoms with E-state index >= 15 is 0 Å². The summed E-state index contributed by atoms with van der Waals surface area (Å²) < 4.78 is 11.1. The molecule has 0 spiro atoms. The number of hydrogen-bond acceptors (Lipinski definition) is 5. The standard InChI is InChI=1S/C28H21N3O2/c1-3-11-21(27-23-13-5-7-15-25(23)32-30-27)19(9-1)17-29-18-20-10-2-4-12-22(20)28-24-14-6-8-16-26(24)33-31-28/h1-16,29H,17-18H2. The number of nitrogens with zero attached hydrogens (tertiary/aromatic N) is 2. The molecular formula is C28H21N3O2. The number of nitrogens with one attached hydrogen (secondary N) is 1. The van der Waals surface area contributed by atoms with Crippen LogP contribution in [0.2, 0.25) is 0 Å². The van der Waals surface area contributed by atoms with E-state index in [0.29, 0.717) is 13.1 Å². The Labute approximate surface area is 190 Å². The monoisotopic (exact) mass is 431 g/mol. The van der Waals surface area contributed by atoms with Crippen molar-refractivity contribution in [1.29, 1.82) is 0 Å². The third-order valence-electron chi connectivity index (χ3n) is 5.93. The van der Waals surface area contributed by atoms with E-state index in [9.17, 15) is 0 Å². The largest absolute Gasteiger partial charge is 0.356 e. The van der Waals surface area contributed by atoms with Crippen molar-refractivity contribution in [3.05, 3.63) is 108 Å². The lowest BCUT2D eigenvalue weighted by Gasteiger charge is -2.11. The summed E-state index contributed by atoms with van der Waals surface area (Å²) in [5.74, 6) is 0. The van der Waals surface area contributed by atoms with Crippen LogP contribution < -0.4 is 5.32 Å². The fraction of sp³-hybridized carbons (Fsp3) is 0.0714. The van der Waals surface area contributed by atoms with Gasteiger partial charge in [0.1, 0.15) is 11.4 Å². The Bertz CT molecular complexity index is 1450. The number of para-hydroxylation sites is 2. The topological polar surface area (TPSA) is 64.1 Å². The molecule has 160 valence electrons. The predicted molar refractivity (Wildman–Crippen MR) is 129 cm³/mol. The molecule has 0 saturated heterocycles. The molecule has 5 heteroatoms. The van der Waals surface area contributed by atoms with Crippen molar-refractivity contribution in [3.63, 3.8) is 0 Å². The van der Waals surface area contributed by atoms with Crippen LogP contribution in [0, 0.1) is 0 Å². The Morgan fingerprint density at radius 2 is 0.939 bits per heavy atom. The van der Waals surface area contributed by atoms with Gasteiger partial charge in [0.2, 0.25) is 0 Å². The predicted octanol–water partition coefficient (Wildman–Crippen LogP) is 6.59. The minimum Gasteiger partial charge on any atom is -0.356 e. The van der Waals surface area contributed by atoms with Crippen molar-refractivity contribution >= 4 is 21.9 Å². The van der Waals surface area contributed by atoms with Crippen LogP contribution in [0.3, 0.4) is 0 Å². The second-order valence-electron chi connectivity index (χ2n) is 7.97. The SMILES string of the molecule is c1ccc(-c2noc3ccccc23)c(CNCc2ccccc2-c2noc3ccccc23)c1. The van der Waals surface area contributed by atoms with E-state index in [0.717, 1.165) is 44.5 Å². The van der Waals surface area contributed by atoms with Crippen LogP contribution in [-0.2, 0) is 13.1 Å². The molecule has 0 fully saturated rings. The van der Waals surface area contributed by atoms with Gasteiger partial charge in [0.05, 0.1) is 0 Å². The fourth-order valence-electron chi connectivity index (χ4n) is 4.30. The highest BCUT2D eigenvalue weighted by Crippen LogP contribution is 2.32. The van der Waals surface area contributed by atoms with Crippen LogP contribution >= 0.6 is 0 Å². The molecule has 0 aliphatic heterocycles. The summed E-state index contributed by atoms with van der Waals surface area (Å²) in [6.07, 6.45) is 0. The van der Waals surface area contributed by atoms with E-state index in [1.807, 2.05) is 60.7 Å². The highest BCUT2D eigenvalue weighted by Gasteiger charge is 2.15. The Hall–Kier alpha value is -4.22. The molecule has 0 unspecified atom stereocenters. The molecule has 0 radical (unpaired) electrons. The van der Waals surface area contributed by atoms with Crippen LogP contribution in [-0.4, -0.2) is 10.3 Å². The highest BCUT2D eigenvalue weighted by molar-refractivity contribution is 5.93. The molecular weight excluding hydrogens is 410 g/mol. The molecule has 6 rings (SSSR count). The van der Waals surface area contributed by atoms with Crippen molar-refractivity contribution in [2.45, 2.75) is 13.1 Å². The molecule has 0 atom stereocenters. The Morgan fingerprint density at radius 3 is 1.45 bits per heavy atom. The van der Waals surface area contributed by atoms with E-state index in [-0.39, 0.29) is 0 Å². The first-order valence-corrected chi connectivity index (χ1v) is 10.9. The Balaban J connectivity index is 1.27. The molecule has 6 aromatic rings. The van der Waals surface area contributed by atoms with E-state index in [2.05, 4.69) is 52.0 Å². The lowest BCUT2D eigenvalue weighted by Crippen LogP contribution is -2.14. The quantitative estimate of drug-likeness (QED) is 0.322. The van der Waals surface area contributed by atoms with Crippen molar-refractivity contribution < 1.29 is 9.05 Å². The van der Waals surface area contributed by atoms with Gasteiger partial charge in [0.15, 0.2) is 11.2 Å². The maximum atomic E-state index is 5.54. The summed E-state index contributed by atoms with van der Waals surface area (Å²) in [4.78, 5) is 0. The van der Waals surface area contributed by atoms with Crippen LogP contribution in [0.4, 0.5) is 0 Å². The van der Waals surface area contributed by atoms with E-state index in [1.165, 1.54) is 11.1 Å². The smallest absolute Gasteiger partial charge is 0.167 e. The maximum absolute atomic E-state index is 5.54. The van der Waals surface area contributed by atoms with Crippen LogP contribution in [0.5, 0.6) is 0 Å². The molecule has 0 amide bonds. The second-order valence-corrected chi connectivity index (χ2v) is 7.97. The van der Waals surface area contributed by atoms with E-state index < -0.39 is 0 Å². The first-order valence-electron chi connectivity index (χ1n) is 10.9. The van der Waals surface area contributed by atoms with Crippen LogP contribution in [0.1, 0.15) is 11.1 Å². The maximum Gasteiger partial charge on any atom is 0.167 e. The van der Waals surface area contributed by atoms with Crippen molar-refractivity contribution in [2.24, 2.45) is 0 Å². The van der Waals surface area contributed by atoms with E-state index in [4.69, 9.17) is 9.05 Å². The highest BCUT2D eigenvalue weighted by atomic mass is 16.5. The van der Waals surface area contributed by atoms with Gasteiger partial charge in [-0.05, 0) is 35.4 Å². The molecule has 0 aliphatic rings. The molecule has 1 N–H and O–H groups in total. The van der Waals surface area contributed by atoms with Gasteiger partial charge in [-0.15, -0.1) is 0 Å². The normalized spacial score (nSPS) is 11.4. The first-order chi connectivity index (χ1) is 16.4. The summed E-state index contributed by atoms with van der Waals surface area (Å²) in [7, 11) is 0. The van der Waals surface area contributed by atoms with Gasteiger partial charge in [-0.3, -0.25) is 0 Å². The number of hydrogen-bond donors (Lipinski definition) is 1. The van der Waals surface area contributed by atoms with Gasteiger partial charge >= 0.3 is 0 Å². The van der Waals surface area contributed by atoms with Gasteiger partial charge in [0, 0.05) is 35.0 Å². The summed E-state index contributed by atoms with van der Waals surface area (Å²) in [6, 6.07) is 32.5. The first kappa shape index (κ1) is 19.5. The number of benzene rings is 4. The average Bonchev–Trinajstić information content (AvgIpc) is 3.49. The van der Waals surface area contributed by atoms with Gasteiger partial charge in [-0.2, -0.15) is 0 Å². The van der Waals surface area contributed by atoms with Gasteiger partial charge < -0.3 is 14.4 Å². The van der Waals surface area contributed by atoms with E-state index in [1.54, 1.807) is 0 Å². The lowest BCUT2D eigenvalue weighted by molar-refractivity contribution is 0.459. The molecule has 2 aromatic heterocycles. The zero-order valence-electron chi connectivity index (χ0n) is 17.9. The second kappa shape index (κ2) is 8.37. The molecule has 0 saturated carbocycles. The fourth-order valence-corrected chi connectivity index (χ4v) is 4.30. The molecule has 33 heavy (non-hydrogen) atoms. The number of fused-ring (bicyclic) bond motifs is 2. The minimum absolute atomic E-state index is 0.700. The average molecular weight is 431 g/mol. The third-order valence-corrected chi connectivity index (χ3v) is 5.93. The molecule has 5 nitrogen and oxygen atoms in total. The van der Waals surface area contributed by atoms with Gasteiger partial charge in [-0.25, -0.2) is 0 Å². The summed E-state index contributed by atoms with van der Waals surface area (Å²) in [5, 5.41) is 14.3. The Kier molecular flexibility index (Phi) is 4.94. The van der Waals surface area contributed by atoms with Crippen molar-refractivity contribution in [1.82, 2.24) is 15.6 Å². The molecule has 0 bridgehead atoms.